The number of rotatable bonds is 2. The van der Waals surface area contributed by atoms with Gasteiger partial charge in [0.15, 0.2) is 0 Å². The summed E-state index contributed by atoms with van der Waals surface area (Å²) >= 11 is 0. The van der Waals surface area contributed by atoms with E-state index in [1.165, 1.54) is 11.1 Å². The van der Waals surface area contributed by atoms with E-state index in [-0.39, 0.29) is 18.1 Å². The molecule has 1 saturated heterocycles. The van der Waals surface area contributed by atoms with Crippen LogP contribution in [0, 0.1) is 6.92 Å². The Morgan fingerprint density at radius 2 is 2.30 bits per heavy atom. The molecule has 0 radical (unpaired) electrons. The fraction of sp³-hybridized carbons (Fsp3) is 0.562. The Morgan fingerprint density at radius 1 is 1.45 bits per heavy atom. The predicted molar refractivity (Wildman–Crippen MR) is 78.0 cm³/mol. The third kappa shape index (κ3) is 2.66. The number of nitrogens with one attached hydrogen (secondary N) is 1. The number of amides is 1. The Kier molecular flexibility index (Phi) is 3.66. The average molecular weight is 274 g/mol. The van der Waals surface area contributed by atoms with Crippen molar-refractivity contribution in [2.24, 2.45) is 0 Å². The summed E-state index contributed by atoms with van der Waals surface area (Å²) in [5, 5.41) is 3.24. The number of hydrogen-bond acceptors (Lipinski definition) is 3. The van der Waals surface area contributed by atoms with Gasteiger partial charge in [-0.3, -0.25) is 4.79 Å². The number of aryl methyl sites for hydroxylation is 1. The van der Waals surface area contributed by atoms with Crippen molar-refractivity contribution in [2.45, 2.75) is 38.8 Å². The fourth-order valence-corrected chi connectivity index (χ4v) is 3.04. The van der Waals surface area contributed by atoms with E-state index < -0.39 is 0 Å². The van der Waals surface area contributed by atoms with Crippen LogP contribution in [0.5, 0.6) is 5.75 Å². The van der Waals surface area contributed by atoms with Gasteiger partial charge in [0, 0.05) is 13.0 Å². The lowest BCUT2D eigenvalue weighted by Gasteiger charge is -2.25. The molecule has 1 aromatic carbocycles. The van der Waals surface area contributed by atoms with Crippen molar-refractivity contribution in [3.8, 4) is 5.75 Å². The molecule has 1 fully saturated rings. The molecule has 2 unspecified atom stereocenters. The molecule has 0 aromatic heterocycles. The number of carbonyl (C=O) groups is 1. The predicted octanol–water partition coefficient (Wildman–Crippen LogP) is 1.51. The third-order valence-corrected chi connectivity index (χ3v) is 4.12. The minimum atomic E-state index is -0.0801. The molecular weight excluding hydrogens is 252 g/mol. The summed E-state index contributed by atoms with van der Waals surface area (Å²) in [5.74, 6) is 1.17. The van der Waals surface area contributed by atoms with Crippen LogP contribution in [0.15, 0.2) is 18.2 Å². The number of fused-ring (bicyclic) bond motifs is 1. The summed E-state index contributed by atoms with van der Waals surface area (Å²) < 4.78 is 5.97. The molecule has 0 aliphatic carbocycles. The molecule has 108 valence electrons. The summed E-state index contributed by atoms with van der Waals surface area (Å²) in [4.78, 5) is 14.2. The van der Waals surface area contributed by atoms with Gasteiger partial charge < -0.3 is 15.0 Å². The van der Waals surface area contributed by atoms with Crippen LogP contribution >= 0.6 is 0 Å². The molecule has 0 saturated carbocycles. The lowest BCUT2D eigenvalue weighted by molar-refractivity contribution is -0.133. The van der Waals surface area contributed by atoms with Crippen LogP contribution < -0.4 is 10.1 Å². The van der Waals surface area contributed by atoms with Crippen molar-refractivity contribution in [1.29, 1.82) is 0 Å². The summed E-state index contributed by atoms with van der Waals surface area (Å²) in [6, 6.07) is 6.22. The Morgan fingerprint density at radius 3 is 3.15 bits per heavy atom. The lowest BCUT2D eigenvalue weighted by Crippen LogP contribution is -2.45. The second-order valence-corrected chi connectivity index (χ2v) is 5.87. The van der Waals surface area contributed by atoms with E-state index in [4.69, 9.17) is 4.74 Å². The van der Waals surface area contributed by atoms with Gasteiger partial charge in [-0.1, -0.05) is 17.7 Å². The van der Waals surface area contributed by atoms with Gasteiger partial charge in [-0.15, -0.1) is 0 Å². The molecule has 2 heterocycles. The van der Waals surface area contributed by atoms with Crippen molar-refractivity contribution in [3.05, 3.63) is 29.3 Å². The minimum absolute atomic E-state index is 0.0801. The summed E-state index contributed by atoms with van der Waals surface area (Å²) in [7, 11) is 0. The number of benzene rings is 1. The van der Waals surface area contributed by atoms with Crippen LogP contribution in [0.1, 0.15) is 24.5 Å². The third-order valence-electron chi connectivity index (χ3n) is 4.12. The van der Waals surface area contributed by atoms with E-state index >= 15 is 0 Å². The number of ether oxygens (including phenoxy) is 1. The van der Waals surface area contributed by atoms with Gasteiger partial charge in [0.1, 0.15) is 11.9 Å². The molecule has 4 heteroatoms. The molecule has 20 heavy (non-hydrogen) atoms. The van der Waals surface area contributed by atoms with Crippen molar-refractivity contribution >= 4 is 5.91 Å². The zero-order chi connectivity index (χ0) is 14.1. The molecule has 2 aliphatic rings. The molecule has 0 bridgehead atoms. The maximum Gasteiger partial charge on any atom is 0.239 e. The quantitative estimate of drug-likeness (QED) is 0.889. The van der Waals surface area contributed by atoms with Crippen LogP contribution in [0.2, 0.25) is 0 Å². The first-order chi connectivity index (χ1) is 9.63. The zero-order valence-electron chi connectivity index (χ0n) is 12.2. The summed E-state index contributed by atoms with van der Waals surface area (Å²) in [6.45, 7) is 6.46. The van der Waals surface area contributed by atoms with E-state index in [9.17, 15) is 4.79 Å². The SMILES string of the molecule is Cc1ccc2c(c1)CC(CN1CCCNC(C)C1=O)O2. The topological polar surface area (TPSA) is 41.6 Å². The Balaban J connectivity index is 1.66. The first-order valence-electron chi connectivity index (χ1n) is 7.42. The highest BCUT2D eigenvalue weighted by molar-refractivity contribution is 5.81. The molecule has 0 spiro atoms. The van der Waals surface area contributed by atoms with Crippen LogP contribution in [0.25, 0.3) is 0 Å². The van der Waals surface area contributed by atoms with Crippen LogP contribution in [-0.4, -0.2) is 42.6 Å². The zero-order valence-corrected chi connectivity index (χ0v) is 12.2. The van der Waals surface area contributed by atoms with Gasteiger partial charge >= 0.3 is 0 Å². The van der Waals surface area contributed by atoms with Gasteiger partial charge in [0.25, 0.3) is 0 Å². The maximum atomic E-state index is 12.3. The normalized spacial score (nSPS) is 26.1. The van der Waals surface area contributed by atoms with E-state index in [0.29, 0.717) is 6.54 Å². The van der Waals surface area contributed by atoms with Gasteiger partial charge in [0.2, 0.25) is 5.91 Å². The number of nitrogens with zero attached hydrogens (tertiary/aromatic N) is 1. The molecule has 4 nitrogen and oxygen atoms in total. The Labute approximate surface area is 120 Å². The first kappa shape index (κ1) is 13.4. The van der Waals surface area contributed by atoms with Gasteiger partial charge in [-0.25, -0.2) is 0 Å². The Bertz CT molecular complexity index is 515. The van der Waals surface area contributed by atoms with Crippen LogP contribution in [-0.2, 0) is 11.2 Å². The second-order valence-electron chi connectivity index (χ2n) is 5.87. The second kappa shape index (κ2) is 5.44. The standard InChI is InChI=1S/C16H22N2O2/c1-11-4-5-15-13(8-11)9-14(20-15)10-18-7-3-6-17-12(2)16(18)19/h4-5,8,12,14,17H,3,6-7,9-10H2,1-2H3. The molecular formula is C16H22N2O2. The van der Waals surface area contributed by atoms with Gasteiger partial charge in [0.05, 0.1) is 12.6 Å². The van der Waals surface area contributed by atoms with Crippen molar-refractivity contribution < 1.29 is 9.53 Å². The average Bonchev–Trinajstić information content (AvgIpc) is 2.75. The molecule has 1 aromatic rings. The molecule has 1 N–H and O–H groups in total. The van der Waals surface area contributed by atoms with Gasteiger partial charge in [-0.05, 0) is 38.4 Å². The van der Waals surface area contributed by atoms with Crippen molar-refractivity contribution in [3.63, 3.8) is 0 Å². The molecule has 3 rings (SSSR count). The van der Waals surface area contributed by atoms with E-state index in [2.05, 4.69) is 24.4 Å². The summed E-state index contributed by atoms with van der Waals surface area (Å²) in [5.41, 5.74) is 2.53. The van der Waals surface area contributed by atoms with E-state index in [1.807, 2.05) is 17.9 Å². The molecule has 2 atom stereocenters. The van der Waals surface area contributed by atoms with Crippen molar-refractivity contribution in [2.75, 3.05) is 19.6 Å². The van der Waals surface area contributed by atoms with Crippen LogP contribution in [0.4, 0.5) is 0 Å². The number of carbonyl (C=O) groups excluding carboxylic acids is 1. The monoisotopic (exact) mass is 274 g/mol. The minimum Gasteiger partial charge on any atom is -0.488 e. The maximum absolute atomic E-state index is 12.3. The molecule has 1 amide bonds. The Hall–Kier alpha value is -1.55. The first-order valence-corrected chi connectivity index (χ1v) is 7.42. The highest BCUT2D eigenvalue weighted by Gasteiger charge is 2.29. The van der Waals surface area contributed by atoms with E-state index in [1.54, 1.807) is 0 Å². The van der Waals surface area contributed by atoms with Gasteiger partial charge in [-0.2, -0.15) is 0 Å². The highest BCUT2D eigenvalue weighted by atomic mass is 16.5. The largest absolute Gasteiger partial charge is 0.488 e. The smallest absolute Gasteiger partial charge is 0.239 e. The van der Waals surface area contributed by atoms with Crippen LogP contribution in [0.3, 0.4) is 0 Å². The molecule has 2 aliphatic heterocycles. The fourth-order valence-electron chi connectivity index (χ4n) is 3.04. The highest BCUT2D eigenvalue weighted by Crippen LogP contribution is 2.29. The summed E-state index contributed by atoms with van der Waals surface area (Å²) in [6.07, 6.45) is 2.01. The van der Waals surface area contributed by atoms with Crippen molar-refractivity contribution in [1.82, 2.24) is 10.2 Å². The number of hydrogen-bond donors (Lipinski definition) is 1. The van der Waals surface area contributed by atoms with E-state index in [0.717, 1.165) is 31.7 Å². The lowest BCUT2D eigenvalue weighted by atomic mass is 10.1.